The van der Waals surface area contributed by atoms with Gasteiger partial charge in [-0.15, -0.1) is 0 Å². The minimum absolute atomic E-state index is 0.242. The van der Waals surface area contributed by atoms with Crippen LogP contribution in [0.25, 0.3) is 5.57 Å². The topological polar surface area (TPSA) is 53.4 Å². The van der Waals surface area contributed by atoms with Gasteiger partial charge in [0.25, 0.3) is 5.91 Å². The number of likely N-dealkylation sites (N-methyl/N-ethyl adjacent to an activating group) is 1. The predicted molar refractivity (Wildman–Crippen MR) is 81.9 cm³/mol. The van der Waals surface area contributed by atoms with E-state index in [9.17, 15) is 14.3 Å². The normalized spacial score (nSPS) is 14.8. The number of amides is 1. The Balaban J connectivity index is 1.79. The lowest BCUT2D eigenvalue weighted by Crippen LogP contribution is -2.21. The molecule has 0 unspecified atom stereocenters. The van der Waals surface area contributed by atoms with Crippen molar-refractivity contribution in [1.82, 2.24) is 9.88 Å². The van der Waals surface area contributed by atoms with Gasteiger partial charge >= 0.3 is 0 Å². The minimum Gasteiger partial charge on any atom is -0.503 e. The molecule has 1 aromatic carbocycles. The maximum Gasteiger partial charge on any atom is 0.289 e. The van der Waals surface area contributed by atoms with E-state index in [2.05, 4.69) is 4.98 Å². The van der Waals surface area contributed by atoms with Gasteiger partial charge in [-0.2, -0.15) is 0 Å². The van der Waals surface area contributed by atoms with Crippen molar-refractivity contribution in [2.24, 2.45) is 0 Å². The Morgan fingerprint density at radius 2 is 1.86 bits per heavy atom. The van der Waals surface area contributed by atoms with Crippen LogP contribution < -0.4 is 0 Å². The summed E-state index contributed by atoms with van der Waals surface area (Å²) in [6.45, 7) is 0.349. The number of carbonyl (C=O) groups excluding carboxylic acids is 1. The highest BCUT2D eigenvalue weighted by Gasteiger charge is 2.28. The second kappa shape index (κ2) is 5.81. The summed E-state index contributed by atoms with van der Waals surface area (Å²) in [5.74, 6) is -0.897. The molecule has 3 rings (SSSR count). The zero-order valence-electron chi connectivity index (χ0n) is 11.8. The third-order valence-electron chi connectivity index (χ3n) is 3.33. The summed E-state index contributed by atoms with van der Waals surface area (Å²) in [6, 6.07) is 9.85. The molecule has 2 heterocycles. The number of aliphatic hydroxyl groups excluding tert-OH is 1. The van der Waals surface area contributed by atoms with Crippen molar-refractivity contribution in [3.8, 4) is 0 Å². The highest BCUT2D eigenvalue weighted by molar-refractivity contribution is 7.99. The van der Waals surface area contributed by atoms with E-state index >= 15 is 0 Å². The van der Waals surface area contributed by atoms with Crippen molar-refractivity contribution in [3.63, 3.8) is 0 Å². The molecular formula is C16H13FN2O2S. The van der Waals surface area contributed by atoms with Crippen LogP contribution in [0.3, 0.4) is 0 Å². The first-order valence-electron chi connectivity index (χ1n) is 6.62. The van der Waals surface area contributed by atoms with Gasteiger partial charge in [0.05, 0.1) is 12.2 Å². The summed E-state index contributed by atoms with van der Waals surface area (Å²) in [5, 5.41) is 9.82. The summed E-state index contributed by atoms with van der Waals surface area (Å²) >= 11 is 1.46. The number of nitrogens with zero attached hydrogens (tertiary/aromatic N) is 2. The van der Waals surface area contributed by atoms with Gasteiger partial charge in [0.2, 0.25) is 0 Å². The van der Waals surface area contributed by atoms with Crippen LogP contribution in [0.15, 0.2) is 58.1 Å². The number of carbonyl (C=O) groups is 1. The van der Waals surface area contributed by atoms with Gasteiger partial charge < -0.3 is 10.0 Å². The van der Waals surface area contributed by atoms with Crippen molar-refractivity contribution in [3.05, 3.63) is 59.9 Å². The summed E-state index contributed by atoms with van der Waals surface area (Å²) in [4.78, 5) is 19.1. The Morgan fingerprint density at radius 1 is 1.18 bits per heavy atom. The molecule has 0 aliphatic carbocycles. The molecule has 2 aromatic rings. The second-order valence-corrected chi connectivity index (χ2v) is 6.07. The zero-order valence-corrected chi connectivity index (χ0v) is 12.6. The van der Waals surface area contributed by atoms with Gasteiger partial charge in [-0.3, -0.25) is 9.78 Å². The summed E-state index contributed by atoms with van der Waals surface area (Å²) in [6.07, 6.45) is 1.67. The Bertz CT molecular complexity index is 742. The molecule has 1 aromatic heterocycles. The van der Waals surface area contributed by atoms with Gasteiger partial charge in [0.1, 0.15) is 5.82 Å². The van der Waals surface area contributed by atoms with Crippen LogP contribution in [0.4, 0.5) is 4.39 Å². The van der Waals surface area contributed by atoms with Crippen molar-refractivity contribution in [1.29, 1.82) is 0 Å². The molecule has 0 radical (unpaired) electrons. The quantitative estimate of drug-likeness (QED) is 0.945. The fourth-order valence-corrected chi connectivity index (χ4v) is 2.94. The van der Waals surface area contributed by atoms with Crippen LogP contribution in [0.2, 0.25) is 0 Å². The molecule has 0 atom stereocenters. The molecule has 1 amide bonds. The average molecular weight is 316 g/mol. The summed E-state index contributed by atoms with van der Waals surface area (Å²) in [5.41, 5.74) is 1.12. The van der Waals surface area contributed by atoms with Gasteiger partial charge in [-0.1, -0.05) is 11.8 Å². The molecule has 22 heavy (non-hydrogen) atoms. The number of halogens is 1. The smallest absolute Gasteiger partial charge is 0.289 e. The molecule has 0 bridgehead atoms. The standard InChI is InChI=1S/C16H13FN2O2S/c1-19-9-13(15(20)16(19)21)14-7-6-12(8-18-14)22-11-4-2-10(17)3-5-11/h2-8,20H,9H2,1H3. The Morgan fingerprint density at radius 3 is 2.41 bits per heavy atom. The van der Waals surface area contributed by atoms with Crippen LogP contribution in [-0.2, 0) is 4.79 Å². The van der Waals surface area contributed by atoms with Crippen molar-refractivity contribution in [2.45, 2.75) is 9.79 Å². The fourth-order valence-electron chi connectivity index (χ4n) is 2.15. The molecule has 4 nitrogen and oxygen atoms in total. The maximum absolute atomic E-state index is 12.9. The molecule has 0 fully saturated rings. The Hall–Kier alpha value is -2.34. The highest BCUT2D eigenvalue weighted by atomic mass is 32.2. The monoisotopic (exact) mass is 316 g/mol. The Kier molecular flexibility index (Phi) is 3.85. The second-order valence-electron chi connectivity index (χ2n) is 4.92. The lowest BCUT2D eigenvalue weighted by atomic mass is 10.1. The number of benzene rings is 1. The van der Waals surface area contributed by atoms with E-state index in [0.717, 1.165) is 9.79 Å². The number of pyridine rings is 1. The molecule has 1 N–H and O–H groups in total. The summed E-state index contributed by atoms with van der Waals surface area (Å²) in [7, 11) is 1.63. The molecule has 0 saturated carbocycles. The lowest BCUT2D eigenvalue weighted by molar-refractivity contribution is -0.126. The van der Waals surface area contributed by atoms with Crippen LogP contribution in [0, 0.1) is 5.82 Å². The van der Waals surface area contributed by atoms with Crippen molar-refractivity contribution < 1.29 is 14.3 Å². The SMILES string of the molecule is CN1CC(c2ccc(Sc3ccc(F)cc3)cn2)=C(O)C1=O. The van der Waals surface area contributed by atoms with E-state index in [4.69, 9.17) is 0 Å². The van der Waals surface area contributed by atoms with E-state index in [1.807, 2.05) is 6.07 Å². The van der Waals surface area contributed by atoms with Gasteiger partial charge in [-0.05, 0) is 36.4 Å². The summed E-state index contributed by atoms with van der Waals surface area (Å²) < 4.78 is 12.9. The zero-order chi connectivity index (χ0) is 15.7. The molecule has 0 saturated heterocycles. The number of aliphatic hydroxyl groups is 1. The predicted octanol–water partition coefficient (Wildman–Crippen LogP) is 3.11. The molecular weight excluding hydrogens is 303 g/mol. The van der Waals surface area contributed by atoms with Crippen LogP contribution in [-0.4, -0.2) is 34.5 Å². The van der Waals surface area contributed by atoms with E-state index in [-0.39, 0.29) is 17.5 Å². The number of rotatable bonds is 3. The number of aromatic nitrogens is 1. The third-order valence-corrected chi connectivity index (χ3v) is 4.31. The van der Waals surface area contributed by atoms with E-state index in [0.29, 0.717) is 17.8 Å². The molecule has 112 valence electrons. The average Bonchev–Trinajstić information content (AvgIpc) is 2.78. The van der Waals surface area contributed by atoms with E-state index < -0.39 is 0 Å². The first kappa shape index (κ1) is 14.6. The molecule has 6 heteroatoms. The van der Waals surface area contributed by atoms with Crippen molar-refractivity contribution >= 4 is 23.2 Å². The minimum atomic E-state index is -0.387. The van der Waals surface area contributed by atoms with Crippen LogP contribution in [0.5, 0.6) is 0 Å². The van der Waals surface area contributed by atoms with E-state index in [1.54, 1.807) is 31.4 Å². The van der Waals surface area contributed by atoms with Gasteiger partial charge in [0, 0.05) is 28.6 Å². The number of hydrogen-bond donors (Lipinski definition) is 1. The number of hydrogen-bond acceptors (Lipinski definition) is 4. The highest BCUT2D eigenvalue weighted by Crippen LogP contribution is 2.29. The maximum atomic E-state index is 12.9. The first-order valence-corrected chi connectivity index (χ1v) is 7.43. The van der Waals surface area contributed by atoms with Crippen LogP contribution in [0.1, 0.15) is 5.69 Å². The molecule has 1 aliphatic rings. The third kappa shape index (κ3) is 2.82. The van der Waals surface area contributed by atoms with Crippen LogP contribution >= 0.6 is 11.8 Å². The van der Waals surface area contributed by atoms with Crippen molar-refractivity contribution in [2.75, 3.05) is 13.6 Å². The molecule has 0 spiro atoms. The lowest BCUT2D eigenvalue weighted by Gasteiger charge is -2.07. The largest absolute Gasteiger partial charge is 0.503 e. The Labute approximate surface area is 131 Å². The molecule has 1 aliphatic heterocycles. The first-order chi connectivity index (χ1) is 10.5. The van der Waals surface area contributed by atoms with Gasteiger partial charge in [0.15, 0.2) is 5.76 Å². The fraction of sp³-hybridized carbons (Fsp3) is 0.125. The van der Waals surface area contributed by atoms with E-state index in [1.165, 1.54) is 28.8 Å². The van der Waals surface area contributed by atoms with Gasteiger partial charge in [-0.25, -0.2) is 4.39 Å².